The van der Waals surface area contributed by atoms with E-state index in [1.54, 1.807) is 12.1 Å². The number of para-hydroxylation sites is 1. The zero-order valence-corrected chi connectivity index (χ0v) is 16.4. The summed E-state index contributed by atoms with van der Waals surface area (Å²) in [7, 11) is -4.17. The van der Waals surface area contributed by atoms with E-state index in [1.807, 2.05) is 36.2 Å². The first-order valence-electron chi connectivity index (χ1n) is 8.39. The van der Waals surface area contributed by atoms with Crippen LogP contribution in [-0.4, -0.2) is 25.9 Å². The van der Waals surface area contributed by atoms with E-state index in [4.69, 9.17) is 4.74 Å². The van der Waals surface area contributed by atoms with Gasteiger partial charge in [0, 0.05) is 11.6 Å². The first kappa shape index (κ1) is 21.3. The Morgan fingerprint density at radius 2 is 1.89 bits per heavy atom. The second kappa shape index (κ2) is 8.81. The summed E-state index contributed by atoms with van der Waals surface area (Å²) in [5.74, 6) is 0.00324. The number of nitrogens with zero attached hydrogens (tertiary/aromatic N) is 1. The van der Waals surface area contributed by atoms with E-state index >= 15 is 0 Å². The number of ether oxygens (including phenoxy) is 1. The largest absolute Gasteiger partial charge is 0.483 e. The van der Waals surface area contributed by atoms with Gasteiger partial charge < -0.3 is 4.74 Å². The third-order valence-electron chi connectivity index (χ3n) is 3.91. The van der Waals surface area contributed by atoms with Gasteiger partial charge in [-0.2, -0.15) is 0 Å². The highest BCUT2D eigenvalue weighted by Gasteiger charge is 2.20. The summed E-state index contributed by atoms with van der Waals surface area (Å²) in [6.45, 7) is 5.06. The Kier molecular flexibility index (Phi) is 6.71. The Balaban J connectivity index is 2.01. The molecule has 0 aliphatic carbocycles. The maximum absolute atomic E-state index is 12.3. The van der Waals surface area contributed by atoms with E-state index in [-0.39, 0.29) is 16.5 Å². The topological polar surface area (TPSA) is 128 Å². The number of hydrazine groups is 1. The van der Waals surface area contributed by atoms with E-state index < -0.39 is 27.5 Å². The minimum atomic E-state index is -4.17. The number of nitro groups is 1. The lowest BCUT2D eigenvalue weighted by Crippen LogP contribution is -2.43. The van der Waals surface area contributed by atoms with Gasteiger partial charge in [-0.1, -0.05) is 38.1 Å². The van der Waals surface area contributed by atoms with E-state index in [9.17, 15) is 23.3 Å². The molecule has 0 bridgehead atoms. The van der Waals surface area contributed by atoms with Crippen LogP contribution in [0.5, 0.6) is 5.75 Å². The molecular weight excluding hydrogens is 386 g/mol. The number of benzene rings is 2. The number of carbonyl (C=O) groups excluding carboxylic acids is 1. The van der Waals surface area contributed by atoms with Gasteiger partial charge in [0.05, 0.1) is 9.82 Å². The molecule has 0 atom stereocenters. The molecule has 0 radical (unpaired) electrons. The van der Waals surface area contributed by atoms with Crippen molar-refractivity contribution in [2.24, 2.45) is 0 Å². The number of nitro benzene ring substituents is 1. The van der Waals surface area contributed by atoms with Gasteiger partial charge in [-0.3, -0.25) is 20.3 Å². The molecule has 0 spiro atoms. The van der Waals surface area contributed by atoms with Crippen molar-refractivity contribution in [2.45, 2.75) is 31.6 Å². The first-order valence-corrected chi connectivity index (χ1v) is 9.87. The molecule has 2 aromatic rings. The molecule has 0 fully saturated rings. The first-order chi connectivity index (χ1) is 13.1. The lowest BCUT2D eigenvalue weighted by molar-refractivity contribution is -0.385. The van der Waals surface area contributed by atoms with Crippen LogP contribution in [0.1, 0.15) is 30.9 Å². The molecule has 0 unspecified atom stereocenters. The maximum Gasteiger partial charge on any atom is 0.273 e. The second-order valence-electron chi connectivity index (χ2n) is 6.34. The van der Waals surface area contributed by atoms with Crippen LogP contribution < -0.4 is 15.0 Å². The Hall–Kier alpha value is -2.98. The van der Waals surface area contributed by atoms with Crippen molar-refractivity contribution in [3.05, 3.63) is 63.7 Å². The van der Waals surface area contributed by atoms with E-state index in [2.05, 4.69) is 0 Å². The van der Waals surface area contributed by atoms with Crippen LogP contribution >= 0.6 is 0 Å². The van der Waals surface area contributed by atoms with Gasteiger partial charge in [0.1, 0.15) is 5.75 Å². The molecule has 0 aromatic heterocycles. The number of rotatable bonds is 8. The van der Waals surface area contributed by atoms with Crippen LogP contribution in [0.25, 0.3) is 0 Å². The van der Waals surface area contributed by atoms with Gasteiger partial charge in [-0.15, -0.1) is 4.83 Å². The quantitative estimate of drug-likeness (QED) is 0.511. The summed E-state index contributed by atoms with van der Waals surface area (Å²) in [5.41, 5.74) is 2.94. The fourth-order valence-electron chi connectivity index (χ4n) is 2.40. The third kappa shape index (κ3) is 5.27. The Bertz CT molecular complexity index is 989. The van der Waals surface area contributed by atoms with Crippen molar-refractivity contribution < 1.29 is 22.9 Å². The fourth-order valence-corrected chi connectivity index (χ4v) is 3.28. The van der Waals surface area contributed by atoms with Gasteiger partial charge in [-0.05, 0) is 30.5 Å². The summed E-state index contributed by atoms with van der Waals surface area (Å²) < 4.78 is 30.0. The zero-order chi connectivity index (χ0) is 20.9. The SMILES string of the molecule is Cc1ccc(S(=O)(=O)NNC(=O)COc2ccccc2C(C)C)cc1[N+](=O)[O-]. The second-order valence-corrected chi connectivity index (χ2v) is 8.02. The molecule has 0 heterocycles. The number of aryl methyl sites for hydroxylation is 1. The molecular formula is C18H21N3O6S. The van der Waals surface area contributed by atoms with Gasteiger partial charge in [-0.25, -0.2) is 8.42 Å². The minimum absolute atomic E-state index is 0.190. The Morgan fingerprint density at radius 3 is 2.54 bits per heavy atom. The van der Waals surface area contributed by atoms with Crippen molar-refractivity contribution in [2.75, 3.05) is 6.61 Å². The third-order valence-corrected chi connectivity index (χ3v) is 5.16. The molecule has 2 rings (SSSR count). The fraction of sp³-hybridized carbons (Fsp3) is 0.278. The van der Waals surface area contributed by atoms with Gasteiger partial charge >= 0.3 is 0 Å². The summed E-state index contributed by atoms with van der Waals surface area (Å²) in [6, 6.07) is 10.7. The smallest absolute Gasteiger partial charge is 0.273 e. The van der Waals surface area contributed by atoms with Crippen molar-refractivity contribution >= 4 is 21.6 Å². The molecule has 1 amide bonds. The lowest BCUT2D eigenvalue weighted by atomic mass is 10.0. The molecule has 0 saturated heterocycles. The molecule has 2 N–H and O–H groups in total. The normalized spacial score (nSPS) is 11.3. The Labute approximate surface area is 162 Å². The van der Waals surface area contributed by atoms with Crippen LogP contribution in [0, 0.1) is 17.0 Å². The highest BCUT2D eigenvalue weighted by molar-refractivity contribution is 7.89. The van der Waals surface area contributed by atoms with Crippen molar-refractivity contribution in [3.8, 4) is 5.75 Å². The standard InChI is InChI=1S/C18H21N3O6S/c1-12(2)15-6-4-5-7-17(15)27-11-18(22)19-20-28(25,26)14-9-8-13(3)16(10-14)21(23)24/h4-10,12,20H,11H2,1-3H3,(H,19,22). The van der Waals surface area contributed by atoms with Crippen LogP contribution in [0.2, 0.25) is 0 Å². The van der Waals surface area contributed by atoms with Gasteiger partial charge in [0.25, 0.3) is 21.6 Å². The van der Waals surface area contributed by atoms with Crippen molar-refractivity contribution in [1.29, 1.82) is 0 Å². The highest BCUT2D eigenvalue weighted by Crippen LogP contribution is 2.25. The van der Waals surface area contributed by atoms with Gasteiger partial charge in [0.15, 0.2) is 6.61 Å². The maximum atomic E-state index is 12.3. The number of hydrogen-bond donors (Lipinski definition) is 2. The number of nitrogens with one attached hydrogen (secondary N) is 2. The van der Waals surface area contributed by atoms with E-state index in [0.717, 1.165) is 11.6 Å². The molecule has 9 nitrogen and oxygen atoms in total. The minimum Gasteiger partial charge on any atom is -0.483 e. The molecule has 150 valence electrons. The number of carbonyl (C=O) groups is 1. The van der Waals surface area contributed by atoms with Crippen LogP contribution in [-0.2, 0) is 14.8 Å². The average molecular weight is 407 g/mol. The zero-order valence-electron chi connectivity index (χ0n) is 15.6. The van der Waals surface area contributed by atoms with Crippen LogP contribution in [0.15, 0.2) is 47.4 Å². The predicted octanol–water partition coefficient (Wildman–Crippen LogP) is 2.42. The summed E-state index contributed by atoms with van der Waals surface area (Å²) in [6.07, 6.45) is 0. The van der Waals surface area contributed by atoms with E-state index in [1.165, 1.54) is 19.1 Å². The van der Waals surface area contributed by atoms with Crippen molar-refractivity contribution in [3.63, 3.8) is 0 Å². The number of sulfonamides is 1. The summed E-state index contributed by atoms with van der Waals surface area (Å²) >= 11 is 0. The average Bonchev–Trinajstić information content (AvgIpc) is 2.64. The lowest BCUT2D eigenvalue weighted by Gasteiger charge is -2.14. The van der Waals surface area contributed by atoms with Gasteiger partial charge in [0.2, 0.25) is 0 Å². The van der Waals surface area contributed by atoms with E-state index in [0.29, 0.717) is 11.3 Å². The van der Waals surface area contributed by atoms with Crippen LogP contribution in [0.4, 0.5) is 5.69 Å². The Morgan fingerprint density at radius 1 is 1.21 bits per heavy atom. The van der Waals surface area contributed by atoms with Crippen LogP contribution in [0.3, 0.4) is 0 Å². The molecule has 0 aliphatic heterocycles. The predicted molar refractivity (Wildman–Crippen MR) is 102 cm³/mol. The number of amides is 1. The summed E-state index contributed by atoms with van der Waals surface area (Å²) in [4.78, 5) is 23.8. The summed E-state index contributed by atoms with van der Waals surface area (Å²) in [5, 5.41) is 11.0. The molecule has 0 saturated carbocycles. The molecule has 10 heteroatoms. The molecule has 2 aromatic carbocycles. The molecule has 0 aliphatic rings. The van der Waals surface area contributed by atoms with Crippen molar-refractivity contribution in [1.82, 2.24) is 10.3 Å². The number of hydrogen-bond acceptors (Lipinski definition) is 6. The molecule has 28 heavy (non-hydrogen) atoms. The monoisotopic (exact) mass is 407 g/mol. The highest BCUT2D eigenvalue weighted by atomic mass is 32.2.